The Labute approximate surface area is 240 Å². The molecular formula is C27H49N3O11. The van der Waals surface area contributed by atoms with E-state index in [0.717, 1.165) is 12.8 Å². The highest BCUT2D eigenvalue weighted by Crippen LogP contribution is 2.32. The highest BCUT2D eigenvalue weighted by Gasteiger charge is 2.51. The maximum Gasteiger partial charge on any atom is 0.187 e. The average Bonchev–Trinajstić information content (AvgIpc) is 3.44. The second-order valence-corrected chi connectivity index (χ2v) is 11.0. The minimum atomic E-state index is -1.73. The van der Waals surface area contributed by atoms with Crippen molar-refractivity contribution in [3.05, 3.63) is 11.9 Å². The molecule has 0 amide bonds. The number of hydrogen-bond donors (Lipinski definition) is 7. The predicted octanol–water partition coefficient (Wildman–Crippen LogP) is -0.488. The van der Waals surface area contributed by atoms with Crippen LogP contribution in [-0.4, -0.2) is 126 Å². The van der Waals surface area contributed by atoms with Gasteiger partial charge in [-0.3, -0.25) is 0 Å². The van der Waals surface area contributed by atoms with Crippen molar-refractivity contribution >= 4 is 0 Å². The molecule has 14 nitrogen and oxygen atoms in total. The lowest BCUT2D eigenvalue weighted by Crippen LogP contribution is -2.63. The average molecular weight is 592 g/mol. The number of aromatic nitrogens is 3. The standard InChI is InChI=1S/C27H49N3O11/c1-2-3-4-5-6-7-8-9-10-11-12-38-16-17-13-30(29-28-17)26-23(36)22(35)25(19(15-32)39-26)41-27-24(37)21(34)20(33)18(14-31)40-27/h13,18-27,31-37H,2-12,14-16H2,1H3/t18-,19-,20-,21+,22-,23-,24-,25-,26-,27-/m1/s1. The van der Waals surface area contributed by atoms with Gasteiger partial charge in [0.25, 0.3) is 0 Å². The topological polar surface area (TPSA) is 209 Å². The summed E-state index contributed by atoms with van der Waals surface area (Å²) < 4.78 is 23.6. The van der Waals surface area contributed by atoms with E-state index in [-0.39, 0.29) is 6.61 Å². The Morgan fingerprint density at radius 3 is 2.02 bits per heavy atom. The van der Waals surface area contributed by atoms with Gasteiger partial charge in [0, 0.05) is 6.61 Å². The molecule has 41 heavy (non-hydrogen) atoms. The smallest absolute Gasteiger partial charge is 0.187 e. The van der Waals surface area contributed by atoms with Crippen LogP contribution in [0.15, 0.2) is 6.20 Å². The molecule has 3 rings (SSSR count). The SMILES string of the molecule is CCCCCCCCCCCCOCc1cn([C@@H]2O[C@H](CO)[C@@H](O[C@H]3O[C@H](CO)[C@@H](O)[C@H](O)[C@H]3O)[C@H](O)[C@H]2O)nn1. The third-order valence-corrected chi connectivity index (χ3v) is 7.69. The van der Waals surface area contributed by atoms with Gasteiger partial charge in [0.05, 0.1) is 26.0 Å². The van der Waals surface area contributed by atoms with E-state index in [0.29, 0.717) is 12.3 Å². The summed E-state index contributed by atoms with van der Waals surface area (Å²) in [6.45, 7) is 1.74. The minimum absolute atomic E-state index is 0.217. The number of aliphatic hydroxyl groups excluding tert-OH is 7. The molecular weight excluding hydrogens is 542 g/mol. The Hall–Kier alpha value is -1.30. The molecule has 7 N–H and O–H groups in total. The maximum absolute atomic E-state index is 10.8. The van der Waals surface area contributed by atoms with Gasteiger partial charge in [-0.1, -0.05) is 69.9 Å². The van der Waals surface area contributed by atoms with E-state index in [1.54, 1.807) is 0 Å². The fourth-order valence-corrected chi connectivity index (χ4v) is 5.16. The fourth-order valence-electron chi connectivity index (χ4n) is 5.16. The van der Waals surface area contributed by atoms with Gasteiger partial charge in [-0.25, -0.2) is 4.68 Å². The van der Waals surface area contributed by atoms with Crippen LogP contribution in [0.5, 0.6) is 0 Å². The highest BCUT2D eigenvalue weighted by molar-refractivity contribution is 4.97. The lowest BCUT2D eigenvalue weighted by atomic mass is 9.96. The van der Waals surface area contributed by atoms with E-state index in [9.17, 15) is 35.7 Å². The molecule has 1 aromatic rings. The normalized spacial score (nSPS) is 34.2. The third-order valence-electron chi connectivity index (χ3n) is 7.69. The zero-order chi connectivity index (χ0) is 29.8. The Morgan fingerprint density at radius 1 is 0.756 bits per heavy atom. The van der Waals surface area contributed by atoms with Crippen LogP contribution in [0.1, 0.15) is 83.1 Å². The van der Waals surface area contributed by atoms with Crippen molar-refractivity contribution in [1.82, 2.24) is 15.0 Å². The molecule has 2 saturated heterocycles. The van der Waals surface area contributed by atoms with Gasteiger partial charge >= 0.3 is 0 Å². The van der Waals surface area contributed by atoms with E-state index in [1.165, 1.54) is 62.2 Å². The van der Waals surface area contributed by atoms with Crippen molar-refractivity contribution in [2.24, 2.45) is 0 Å². The molecule has 0 bridgehead atoms. The van der Waals surface area contributed by atoms with Gasteiger partial charge in [0.15, 0.2) is 12.5 Å². The van der Waals surface area contributed by atoms with Crippen LogP contribution >= 0.6 is 0 Å². The van der Waals surface area contributed by atoms with Crippen LogP contribution in [0.4, 0.5) is 0 Å². The Kier molecular flexibility index (Phi) is 14.8. The van der Waals surface area contributed by atoms with Crippen LogP contribution in [-0.2, 0) is 25.6 Å². The van der Waals surface area contributed by atoms with Crippen LogP contribution in [0.25, 0.3) is 0 Å². The van der Waals surface area contributed by atoms with Crippen LogP contribution in [0.3, 0.4) is 0 Å². The molecule has 10 atom stereocenters. The Balaban J connectivity index is 1.43. The highest BCUT2D eigenvalue weighted by atomic mass is 16.7. The molecule has 2 aliphatic heterocycles. The summed E-state index contributed by atoms with van der Waals surface area (Å²) in [5, 5.41) is 79.1. The molecule has 0 spiro atoms. The first-order valence-corrected chi connectivity index (χ1v) is 14.9. The van der Waals surface area contributed by atoms with Gasteiger partial charge in [-0.15, -0.1) is 5.10 Å². The third kappa shape index (κ3) is 9.60. The van der Waals surface area contributed by atoms with Gasteiger partial charge < -0.3 is 54.7 Å². The molecule has 1 aromatic heterocycles. The zero-order valence-electron chi connectivity index (χ0n) is 23.9. The van der Waals surface area contributed by atoms with Crippen LogP contribution in [0, 0.1) is 0 Å². The van der Waals surface area contributed by atoms with E-state index >= 15 is 0 Å². The maximum atomic E-state index is 10.8. The van der Waals surface area contributed by atoms with Gasteiger partial charge in [-0.05, 0) is 6.42 Å². The molecule has 2 fully saturated rings. The van der Waals surface area contributed by atoms with Gasteiger partial charge in [0.2, 0.25) is 0 Å². The quantitative estimate of drug-likeness (QED) is 0.108. The van der Waals surface area contributed by atoms with Crippen molar-refractivity contribution in [2.75, 3.05) is 19.8 Å². The Bertz CT molecular complexity index is 845. The number of nitrogens with zero attached hydrogens (tertiary/aromatic N) is 3. The summed E-state index contributed by atoms with van der Waals surface area (Å²) in [4.78, 5) is 0. The van der Waals surface area contributed by atoms with Crippen molar-refractivity contribution < 1.29 is 54.7 Å². The number of ether oxygens (including phenoxy) is 4. The minimum Gasteiger partial charge on any atom is -0.394 e. The van der Waals surface area contributed by atoms with Gasteiger partial charge in [-0.2, -0.15) is 0 Å². The van der Waals surface area contributed by atoms with E-state index in [2.05, 4.69) is 17.2 Å². The zero-order valence-corrected chi connectivity index (χ0v) is 23.9. The summed E-state index contributed by atoms with van der Waals surface area (Å²) in [5.41, 5.74) is 0.502. The predicted molar refractivity (Wildman–Crippen MR) is 143 cm³/mol. The first-order valence-electron chi connectivity index (χ1n) is 14.9. The Morgan fingerprint density at radius 2 is 1.39 bits per heavy atom. The molecule has 0 aliphatic carbocycles. The van der Waals surface area contributed by atoms with Crippen LogP contribution in [0.2, 0.25) is 0 Å². The summed E-state index contributed by atoms with van der Waals surface area (Å²) in [5.74, 6) is 0. The molecule has 0 saturated carbocycles. The molecule has 0 unspecified atom stereocenters. The second kappa shape index (κ2) is 17.7. The van der Waals surface area contributed by atoms with E-state index in [4.69, 9.17) is 18.9 Å². The van der Waals surface area contributed by atoms with Crippen molar-refractivity contribution in [1.29, 1.82) is 0 Å². The first-order chi connectivity index (χ1) is 19.8. The van der Waals surface area contributed by atoms with Crippen molar-refractivity contribution in [2.45, 2.75) is 139 Å². The molecule has 14 heteroatoms. The lowest BCUT2D eigenvalue weighted by molar-refractivity contribution is -0.347. The molecule has 3 heterocycles. The van der Waals surface area contributed by atoms with Gasteiger partial charge in [0.1, 0.15) is 54.5 Å². The monoisotopic (exact) mass is 591 g/mol. The van der Waals surface area contributed by atoms with Crippen molar-refractivity contribution in [3.63, 3.8) is 0 Å². The molecule has 0 aromatic carbocycles. The number of unbranched alkanes of at least 4 members (excludes halogenated alkanes) is 9. The van der Waals surface area contributed by atoms with E-state index in [1.807, 2.05) is 0 Å². The summed E-state index contributed by atoms with van der Waals surface area (Å²) in [7, 11) is 0. The fraction of sp³-hybridized carbons (Fsp3) is 0.926. The summed E-state index contributed by atoms with van der Waals surface area (Å²) in [6.07, 6.45) is -0.929. The first kappa shape index (κ1) is 34.2. The van der Waals surface area contributed by atoms with Crippen molar-refractivity contribution in [3.8, 4) is 0 Å². The number of rotatable bonds is 18. The number of hydrogen-bond acceptors (Lipinski definition) is 13. The van der Waals surface area contributed by atoms with E-state index < -0.39 is 74.6 Å². The van der Waals surface area contributed by atoms with Crippen LogP contribution < -0.4 is 0 Å². The lowest BCUT2D eigenvalue weighted by Gasteiger charge is -2.45. The molecule has 0 radical (unpaired) electrons. The largest absolute Gasteiger partial charge is 0.394 e. The summed E-state index contributed by atoms with van der Waals surface area (Å²) in [6, 6.07) is 0. The second-order valence-electron chi connectivity index (χ2n) is 11.0. The molecule has 238 valence electrons. The number of aliphatic hydroxyl groups is 7. The molecule has 2 aliphatic rings. The summed E-state index contributed by atoms with van der Waals surface area (Å²) >= 11 is 0.